The molecule has 1 atom stereocenters. The molecule has 0 aromatic carbocycles. The van der Waals surface area contributed by atoms with Gasteiger partial charge in [-0.25, -0.2) is 0 Å². The zero-order valence-electron chi connectivity index (χ0n) is 8.88. The lowest BCUT2D eigenvalue weighted by Gasteiger charge is -2.11. The van der Waals surface area contributed by atoms with Crippen LogP contribution in [0.25, 0.3) is 0 Å². The molecule has 2 nitrogen and oxygen atoms in total. The van der Waals surface area contributed by atoms with Gasteiger partial charge in [-0.05, 0) is 12.3 Å². The van der Waals surface area contributed by atoms with Crippen LogP contribution in [0.15, 0.2) is 0 Å². The van der Waals surface area contributed by atoms with Gasteiger partial charge in [0.05, 0.1) is 6.61 Å². The summed E-state index contributed by atoms with van der Waals surface area (Å²) in [7, 11) is -0.335. The van der Waals surface area contributed by atoms with Crippen LogP contribution < -0.4 is 0 Å². The zero-order chi connectivity index (χ0) is 9.94. The minimum Gasteiger partial charge on any atom is -0.352 e. The number of hydrogen-bond donors (Lipinski definition) is 1. The molecule has 0 fully saturated rings. The molecule has 0 saturated carbocycles. The van der Waals surface area contributed by atoms with Crippen LogP contribution in [0.1, 0.15) is 52.4 Å². The number of unbranched alkanes of at least 4 members (excludes halogenated alkanes) is 2. The van der Waals surface area contributed by atoms with E-state index in [1.165, 1.54) is 32.1 Å². The summed E-state index contributed by atoms with van der Waals surface area (Å²) in [5.41, 5.74) is 0. The van der Waals surface area contributed by atoms with Crippen LogP contribution in [0.2, 0.25) is 0 Å². The summed E-state index contributed by atoms with van der Waals surface area (Å²) >= 11 is 0. The molecule has 13 heavy (non-hydrogen) atoms. The summed E-state index contributed by atoms with van der Waals surface area (Å²) in [6, 6.07) is 0. The predicted octanol–water partition coefficient (Wildman–Crippen LogP) is 3.50. The molecule has 0 aromatic rings. The molecule has 0 aromatic heterocycles. The van der Waals surface area contributed by atoms with E-state index >= 15 is 0 Å². The topological polar surface area (TPSA) is 29.5 Å². The van der Waals surface area contributed by atoms with Crippen molar-refractivity contribution >= 4 is 9.03 Å². The van der Waals surface area contributed by atoms with Crippen molar-refractivity contribution in [2.24, 2.45) is 5.92 Å². The van der Waals surface area contributed by atoms with Gasteiger partial charge in [-0.3, -0.25) is 0 Å². The third-order valence-corrected chi connectivity index (χ3v) is 2.91. The highest BCUT2D eigenvalue weighted by Crippen LogP contribution is 2.16. The van der Waals surface area contributed by atoms with Crippen LogP contribution in [-0.2, 0) is 4.52 Å². The molecular weight excluding hydrogens is 183 g/mol. The van der Waals surface area contributed by atoms with Gasteiger partial charge in [-0.1, -0.05) is 46.0 Å². The maximum Gasteiger partial charge on any atom is 0.152 e. The lowest BCUT2D eigenvalue weighted by atomic mass is 9.96. The fourth-order valence-corrected chi connectivity index (χ4v) is 1.76. The fraction of sp³-hybridized carbons (Fsp3) is 1.00. The highest BCUT2D eigenvalue weighted by atomic mass is 31.1. The van der Waals surface area contributed by atoms with Crippen LogP contribution in [0.5, 0.6) is 0 Å². The fourth-order valence-electron chi connectivity index (χ4n) is 1.53. The Morgan fingerprint density at radius 3 is 2.38 bits per heavy atom. The first-order chi connectivity index (χ1) is 6.35. The summed E-state index contributed by atoms with van der Waals surface area (Å²) in [6.07, 6.45) is 7.61. The van der Waals surface area contributed by atoms with Gasteiger partial charge in [-0.2, -0.15) is 0 Å². The lowest BCUT2D eigenvalue weighted by molar-refractivity contribution is 0.310. The molecule has 0 aliphatic rings. The predicted molar refractivity (Wildman–Crippen MR) is 59.0 cm³/mol. The summed E-state index contributed by atoms with van der Waals surface area (Å²) in [4.78, 5) is 8.39. The van der Waals surface area contributed by atoms with Gasteiger partial charge in [0.15, 0.2) is 9.03 Å². The first kappa shape index (κ1) is 13.4. The highest BCUT2D eigenvalue weighted by molar-refractivity contribution is 7.24. The number of rotatable bonds is 9. The summed E-state index contributed by atoms with van der Waals surface area (Å²) in [5.74, 6) is 0.917. The molecule has 0 spiro atoms. The second-order valence-electron chi connectivity index (χ2n) is 3.47. The van der Waals surface area contributed by atoms with Crippen molar-refractivity contribution in [1.82, 2.24) is 0 Å². The molecule has 0 aliphatic heterocycles. The second kappa shape index (κ2) is 10.4. The van der Waals surface area contributed by atoms with Gasteiger partial charge < -0.3 is 9.42 Å². The van der Waals surface area contributed by atoms with Crippen molar-refractivity contribution in [1.29, 1.82) is 0 Å². The molecule has 3 heteroatoms. The second-order valence-corrected chi connectivity index (χ2v) is 3.94. The van der Waals surface area contributed by atoms with E-state index in [4.69, 9.17) is 9.42 Å². The van der Waals surface area contributed by atoms with Gasteiger partial charge in [0, 0.05) is 0 Å². The Morgan fingerprint density at radius 1 is 1.15 bits per heavy atom. The van der Waals surface area contributed by atoms with E-state index in [2.05, 4.69) is 13.8 Å². The third-order valence-electron chi connectivity index (χ3n) is 2.58. The first-order valence-electron chi connectivity index (χ1n) is 5.36. The maximum absolute atomic E-state index is 8.39. The van der Waals surface area contributed by atoms with Crippen LogP contribution in [0.3, 0.4) is 0 Å². The molecule has 0 radical (unpaired) electrons. The Morgan fingerprint density at radius 2 is 1.85 bits per heavy atom. The van der Waals surface area contributed by atoms with Crippen molar-refractivity contribution in [3.05, 3.63) is 0 Å². The molecule has 0 heterocycles. The van der Waals surface area contributed by atoms with Gasteiger partial charge in [0.1, 0.15) is 0 Å². The Bertz CT molecular complexity index is 94.9. The highest BCUT2D eigenvalue weighted by Gasteiger charge is 2.01. The normalized spacial score (nSPS) is 12.0. The van der Waals surface area contributed by atoms with E-state index in [1.54, 1.807) is 0 Å². The van der Waals surface area contributed by atoms with Crippen LogP contribution >= 0.6 is 9.03 Å². The molecule has 1 unspecified atom stereocenters. The van der Waals surface area contributed by atoms with Crippen molar-refractivity contribution in [3.63, 3.8) is 0 Å². The average Bonchev–Trinajstić information content (AvgIpc) is 2.17. The average molecular weight is 206 g/mol. The molecule has 1 N–H and O–H groups in total. The lowest BCUT2D eigenvalue weighted by Crippen LogP contribution is -1.96. The summed E-state index contributed by atoms with van der Waals surface area (Å²) in [6.45, 7) is 5.26. The van der Waals surface area contributed by atoms with E-state index in [9.17, 15) is 0 Å². The quantitative estimate of drug-likeness (QED) is 0.462. The van der Waals surface area contributed by atoms with E-state index < -0.39 is 0 Å². The van der Waals surface area contributed by atoms with Gasteiger partial charge >= 0.3 is 0 Å². The molecule has 0 amide bonds. The molecule has 80 valence electrons. The standard InChI is InChI=1S/C10H23O2P/c1-3-10(4-2)8-6-5-7-9-12-13-11/h10-11,13H,3-9H2,1-2H3. The molecule has 0 aliphatic carbocycles. The van der Waals surface area contributed by atoms with Gasteiger partial charge in [0.25, 0.3) is 0 Å². The van der Waals surface area contributed by atoms with Crippen LogP contribution in [-0.4, -0.2) is 11.5 Å². The molecule has 0 rings (SSSR count). The van der Waals surface area contributed by atoms with Crippen molar-refractivity contribution in [2.45, 2.75) is 52.4 Å². The smallest absolute Gasteiger partial charge is 0.152 e. The third kappa shape index (κ3) is 8.67. The number of hydrogen-bond acceptors (Lipinski definition) is 2. The minimum absolute atomic E-state index is 0.335. The molecule has 0 saturated heterocycles. The first-order valence-corrected chi connectivity index (χ1v) is 6.21. The maximum atomic E-state index is 8.39. The van der Waals surface area contributed by atoms with Crippen molar-refractivity contribution in [2.75, 3.05) is 6.61 Å². The monoisotopic (exact) mass is 206 g/mol. The largest absolute Gasteiger partial charge is 0.352 e. The Kier molecular flexibility index (Phi) is 10.7. The Balaban J connectivity index is 3.05. The summed E-state index contributed by atoms with van der Waals surface area (Å²) in [5, 5.41) is 0. The van der Waals surface area contributed by atoms with Crippen LogP contribution in [0, 0.1) is 5.92 Å². The van der Waals surface area contributed by atoms with E-state index in [0.717, 1.165) is 18.9 Å². The van der Waals surface area contributed by atoms with Crippen molar-refractivity contribution in [3.8, 4) is 0 Å². The van der Waals surface area contributed by atoms with Crippen molar-refractivity contribution < 1.29 is 9.42 Å². The SMILES string of the molecule is CCC(CC)CCCCCOPO. The Hall–Kier alpha value is 0.350. The molecular formula is C10H23O2P. The van der Waals surface area contributed by atoms with Crippen LogP contribution in [0.4, 0.5) is 0 Å². The van der Waals surface area contributed by atoms with E-state index in [1.807, 2.05) is 0 Å². The molecule has 0 bridgehead atoms. The van der Waals surface area contributed by atoms with Gasteiger partial charge in [0.2, 0.25) is 0 Å². The zero-order valence-corrected chi connectivity index (χ0v) is 9.88. The van der Waals surface area contributed by atoms with E-state index in [-0.39, 0.29) is 9.03 Å². The van der Waals surface area contributed by atoms with E-state index in [0.29, 0.717) is 0 Å². The summed E-state index contributed by atoms with van der Waals surface area (Å²) < 4.78 is 4.88. The van der Waals surface area contributed by atoms with Gasteiger partial charge in [-0.15, -0.1) is 0 Å². The Labute approximate surface area is 84.0 Å². The minimum atomic E-state index is -0.335.